The SMILES string of the molecule is CNC(c1cc(Cl)ccc1Br)C1CCOC2(CCC2)C1. The van der Waals surface area contributed by atoms with Crippen LogP contribution in [0.25, 0.3) is 0 Å². The lowest BCUT2D eigenvalue weighted by molar-refractivity contribution is -0.147. The number of hydrogen-bond donors (Lipinski definition) is 1. The maximum atomic E-state index is 6.18. The number of benzene rings is 1. The van der Waals surface area contributed by atoms with E-state index < -0.39 is 0 Å². The van der Waals surface area contributed by atoms with Gasteiger partial charge in [-0.3, -0.25) is 0 Å². The molecule has 1 aromatic rings. The fraction of sp³-hybridized carbons (Fsp3) is 0.625. The third-order valence-electron chi connectivity index (χ3n) is 4.87. The number of rotatable bonds is 3. The summed E-state index contributed by atoms with van der Waals surface area (Å²) in [6, 6.07) is 6.39. The van der Waals surface area contributed by atoms with Gasteiger partial charge in [0.2, 0.25) is 0 Å². The van der Waals surface area contributed by atoms with Crippen LogP contribution in [-0.2, 0) is 4.74 Å². The summed E-state index contributed by atoms with van der Waals surface area (Å²) in [6.45, 7) is 0.890. The minimum atomic E-state index is 0.184. The molecular formula is C16H21BrClNO. The van der Waals surface area contributed by atoms with Crippen molar-refractivity contribution in [1.82, 2.24) is 5.32 Å². The number of halogens is 2. The van der Waals surface area contributed by atoms with Crippen molar-refractivity contribution in [3.63, 3.8) is 0 Å². The molecule has 2 unspecified atom stereocenters. The molecule has 1 aliphatic heterocycles. The number of ether oxygens (including phenoxy) is 1. The van der Waals surface area contributed by atoms with E-state index in [2.05, 4.69) is 27.3 Å². The van der Waals surface area contributed by atoms with Gasteiger partial charge >= 0.3 is 0 Å². The maximum absolute atomic E-state index is 6.18. The molecule has 3 rings (SSSR count). The molecule has 110 valence electrons. The highest BCUT2D eigenvalue weighted by molar-refractivity contribution is 9.10. The summed E-state index contributed by atoms with van der Waals surface area (Å²) < 4.78 is 7.19. The molecule has 20 heavy (non-hydrogen) atoms. The normalized spacial score (nSPS) is 26.2. The Balaban J connectivity index is 1.83. The van der Waals surface area contributed by atoms with Crippen molar-refractivity contribution in [3.05, 3.63) is 33.3 Å². The van der Waals surface area contributed by atoms with Gasteiger partial charge in [-0.25, -0.2) is 0 Å². The zero-order chi connectivity index (χ0) is 14.2. The minimum absolute atomic E-state index is 0.184. The van der Waals surface area contributed by atoms with Crippen LogP contribution in [0, 0.1) is 5.92 Å². The van der Waals surface area contributed by atoms with Crippen LogP contribution in [0.15, 0.2) is 22.7 Å². The predicted octanol–water partition coefficient (Wildman–Crippen LogP) is 4.71. The summed E-state index contributed by atoms with van der Waals surface area (Å²) in [6.07, 6.45) is 6.06. The van der Waals surface area contributed by atoms with E-state index in [4.69, 9.17) is 16.3 Å². The van der Waals surface area contributed by atoms with Gasteiger partial charge in [0.15, 0.2) is 0 Å². The Hall–Kier alpha value is -0.0900. The monoisotopic (exact) mass is 357 g/mol. The quantitative estimate of drug-likeness (QED) is 0.844. The molecule has 0 bridgehead atoms. The first-order chi connectivity index (χ1) is 9.63. The van der Waals surface area contributed by atoms with Crippen LogP contribution in [0.4, 0.5) is 0 Å². The van der Waals surface area contributed by atoms with E-state index in [-0.39, 0.29) is 5.60 Å². The fourth-order valence-electron chi connectivity index (χ4n) is 3.67. The van der Waals surface area contributed by atoms with Crippen molar-refractivity contribution in [2.24, 2.45) is 5.92 Å². The molecule has 1 saturated carbocycles. The second-order valence-electron chi connectivity index (χ2n) is 6.07. The summed E-state index contributed by atoms with van der Waals surface area (Å²) in [7, 11) is 2.04. The van der Waals surface area contributed by atoms with E-state index in [9.17, 15) is 0 Å². The molecule has 2 aliphatic rings. The molecule has 2 nitrogen and oxygen atoms in total. The van der Waals surface area contributed by atoms with Crippen LogP contribution in [-0.4, -0.2) is 19.3 Å². The molecule has 1 aliphatic carbocycles. The van der Waals surface area contributed by atoms with Gasteiger partial charge in [-0.05, 0) is 68.8 Å². The van der Waals surface area contributed by atoms with E-state index in [0.717, 1.165) is 28.9 Å². The average molecular weight is 359 g/mol. The molecule has 0 amide bonds. The largest absolute Gasteiger partial charge is 0.375 e. The summed E-state index contributed by atoms with van der Waals surface area (Å²) in [5.41, 5.74) is 1.45. The summed E-state index contributed by atoms with van der Waals surface area (Å²) in [5.74, 6) is 0.615. The first kappa shape index (κ1) is 14.8. The maximum Gasteiger partial charge on any atom is 0.0686 e. The molecule has 0 radical (unpaired) electrons. The smallest absolute Gasteiger partial charge is 0.0686 e. The topological polar surface area (TPSA) is 21.3 Å². The van der Waals surface area contributed by atoms with Gasteiger partial charge in [0, 0.05) is 22.1 Å². The summed E-state index contributed by atoms with van der Waals surface area (Å²) >= 11 is 9.85. The highest BCUT2D eigenvalue weighted by atomic mass is 79.9. The molecule has 2 atom stereocenters. The van der Waals surface area contributed by atoms with Crippen molar-refractivity contribution in [1.29, 1.82) is 0 Å². The summed E-state index contributed by atoms with van der Waals surface area (Å²) in [5, 5.41) is 4.30. The highest BCUT2D eigenvalue weighted by Crippen LogP contribution is 2.47. The Labute approximate surface area is 134 Å². The average Bonchev–Trinajstić information content (AvgIpc) is 2.42. The van der Waals surface area contributed by atoms with Gasteiger partial charge < -0.3 is 10.1 Å². The lowest BCUT2D eigenvalue weighted by atomic mass is 9.69. The van der Waals surface area contributed by atoms with Crippen molar-refractivity contribution in [2.75, 3.05) is 13.7 Å². The van der Waals surface area contributed by atoms with E-state index in [1.165, 1.54) is 24.8 Å². The fourth-order valence-corrected chi connectivity index (χ4v) is 4.34. The second kappa shape index (κ2) is 5.96. The van der Waals surface area contributed by atoms with Crippen LogP contribution < -0.4 is 5.32 Å². The zero-order valence-electron chi connectivity index (χ0n) is 11.8. The Bertz CT molecular complexity index is 489. The standard InChI is InChI=1S/C16H21BrClNO/c1-19-15(13-9-12(18)3-4-14(13)17)11-5-8-20-16(10-11)6-2-7-16/h3-4,9,11,15,19H,2,5-8,10H2,1H3. The van der Waals surface area contributed by atoms with Crippen molar-refractivity contribution >= 4 is 27.5 Å². The van der Waals surface area contributed by atoms with E-state index >= 15 is 0 Å². The van der Waals surface area contributed by atoms with Crippen molar-refractivity contribution in [2.45, 2.75) is 43.7 Å². The van der Waals surface area contributed by atoms with Gasteiger partial charge in [-0.2, -0.15) is 0 Å². The molecule has 1 N–H and O–H groups in total. The van der Waals surface area contributed by atoms with Crippen LogP contribution in [0.1, 0.15) is 43.7 Å². The minimum Gasteiger partial charge on any atom is -0.375 e. The van der Waals surface area contributed by atoms with Crippen molar-refractivity contribution in [3.8, 4) is 0 Å². The molecule has 2 fully saturated rings. The van der Waals surface area contributed by atoms with E-state index in [0.29, 0.717) is 12.0 Å². The molecule has 1 aromatic carbocycles. The van der Waals surface area contributed by atoms with Gasteiger partial charge in [0.1, 0.15) is 0 Å². The highest BCUT2D eigenvalue weighted by Gasteiger charge is 2.44. The molecule has 1 spiro atoms. The van der Waals surface area contributed by atoms with Gasteiger partial charge in [0.05, 0.1) is 5.60 Å². The lowest BCUT2D eigenvalue weighted by Crippen LogP contribution is -2.47. The molecule has 4 heteroatoms. The zero-order valence-corrected chi connectivity index (χ0v) is 14.1. The van der Waals surface area contributed by atoms with Gasteiger partial charge in [-0.1, -0.05) is 27.5 Å². The van der Waals surface area contributed by atoms with Gasteiger partial charge in [-0.15, -0.1) is 0 Å². The second-order valence-corrected chi connectivity index (χ2v) is 7.36. The molecule has 1 heterocycles. The third-order valence-corrected chi connectivity index (χ3v) is 5.83. The van der Waals surface area contributed by atoms with E-state index in [1.54, 1.807) is 0 Å². The molecule has 1 saturated heterocycles. The number of hydrogen-bond acceptors (Lipinski definition) is 2. The first-order valence-corrected chi connectivity index (χ1v) is 8.57. The van der Waals surface area contributed by atoms with Crippen LogP contribution >= 0.6 is 27.5 Å². The van der Waals surface area contributed by atoms with Crippen LogP contribution in [0.3, 0.4) is 0 Å². The predicted molar refractivity (Wildman–Crippen MR) is 86.2 cm³/mol. The van der Waals surface area contributed by atoms with Crippen molar-refractivity contribution < 1.29 is 4.74 Å². The Morgan fingerprint density at radius 2 is 2.25 bits per heavy atom. The lowest BCUT2D eigenvalue weighted by Gasteiger charge is -2.49. The van der Waals surface area contributed by atoms with Crippen LogP contribution in [0.5, 0.6) is 0 Å². The van der Waals surface area contributed by atoms with Gasteiger partial charge in [0.25, 0.3) is 0 Å². The Morgan fingerprint density at radius 3 is 2.90 bits per heavy atom. The molecular weight excluding hydrogens is 338 g/mol. The third kappa shape index (κ3) is 2.78. The Morgan fingerprint density at radius 1 is 1.45 bits per heavy atom. The summed E-state index contributed by atoms with van der Waals surface area (Å²) in [4.78, 5) is 0. The van der Waals surface area contributed by atoms with Crippen LogP contribution in [0.2, 0.25) is 5.02 Å². The van der Waals surface area contributed by atoms with E-state index in [1.807, 2.05) is 19.2 Å². The first-order valence-electron chi connectivity index (χ1n) is 7.40. The number of nitrogens with one attached hydrogen (secondary N) is 1. The Kier molecular flexibility index (Phi) is 4.42. The molecule has 0 aromatic heterocycles.